The Morgan fingerprint density at radius 1 is 1.19 bits per heavy atom. The molecule has 1 atom stereocenters. The highest BCUT2D eigenvalue weighted by Crippen LogP contribution is 2.09. The van der Waals surface area contributed by atoms with Gasteiger partial charge in [0.25, 0.3) is 0 Å². The second-order valence-corrected chi connectivity index (χ2v) is 5.12. The van der Waals surface area contributed by atoms with Gasteiger partial charge in [0.15, 0.2) is 0 Å². The van der Waals surface area contributed by atoms with Crippen molar-refractivity contribution < 1.29 is 4.79 Å². The lowest BCUT2D eigenvalue weighted by Crippen LogP contribution is -2.44. The summed E-state index contributed by atoms with van der Waals surface area (Å²) in [6.45, 7) is 3.70. The van der Waals surface area contributed by atoms with E-state index < -0.39 is 11.1 Å². The minimum absolute atomic E-state index is 0.0333. The zero-order valence-corrected chi connectivity index (χ0v) is 12.4. The van der Waals surface area contributed by atoms with E-state index in [-0.39, 0.29) is 18.5 Å². The topological polar surface area (TPSA) is 73.1 Å². The summed E-state index contributed by atoms with van der Waals surface area (Å²) in [6, 6.07) is 7.07. The van der Waals surface area contributed by atoms with Crippen molar-refractivity contribution in [3.05, 3.63) is 45.0 Å². The molecule has 6 heteroatoms. The maximum atomic E-state index is 12.1. The second kappa shape index (κ2) is 5.95. The van der Waals surface area contributed by atoms with E-state index in [2.05, 4.69) is 5.32 Å². The number of aromatic nitrogens is 2. The quantitative estimate of drug-likeness (QED) is 0.838. The van der Waals surface area contributed by atoms with Crippen LogP contribution < -0.4 is 16.4 Å². The van der Waals surface area contributed by atoms with Crippen molar-refractivity contribution in [2.45, 2.75) is 32.9 Å². The number of rotatable bonds is 4. The highest BCUT2D eigenvalue weighted by atomic mass is 16.2. The summed E-state index contributed by atoms with van der Waals surface area (Å²) in [7, 11) is 1.55. The maximum Gasteiger partial charge on any atom is 0.317 e. The molecular formula is C15H19N3O3. The van der Waals surface area contributed by atoms with Crippen LogP contribution in [0.2, 0.25) is 0 Å². The predicted molar refractivity (Wildman–Crippen MR) is 81.3 cm³/mol. The summed E-state index contributed by atoms with van der Waals surface area (Å²) in [5.74, 6) is -0.273. The standard InChI is InChI=1S/C15H19N3O3/c1-4-10(2)16-13(19)9-18-12-8-6-5-7-11(12)17(3)14(20)15(18)21/h5-8,10H,4,9H2,1-3H3,(H,16,19)/t10-/m1/s1. The molecule has 2 aromatic rings. The third-order valence-corrected chi connectivity index (χ3v) is 3.59. The van der Waals surface area contributed by atoms with Gasteiger partial charge in [0.1, 0.15) is 6.54 Å². The number of carbonyl (C=O) groups is 1. The predicted octanol–water partition coefficient (Wildman–Crippen LogP) is 0.615. The molecule has 1 aromatic carbocycles. The number of carbonyl (C=O) groups excluding carboxylic acids is 1. The van der Waals surface area contributed by atoms with E-state index in [1.807, 2.05) is 13.8 Å². The second-order valence-electron chi connectivity index (χ2n) is 5.12. The number of benzene rings is 1. The van der Waals surface area contributed by atoms with Gasteiger partial charge in [0.2, 0.25) is 5.91 Å². The minimum atomic E-state index is -0.685. The number of nitrogens with one attached hydrogen (secondary N) is 1. The third kappa shape index (κ3) is 2.89. The highest BCUT2D eigenvalue weighted by Gasteiger charge is 2.14. The molecule has 112 valence electrons. The molecule has 0 spiro atoms. The number of hydrogen-bond acceptors (Lipinski definition) is 3. The summed E-state index contributed by atoms with van der Waals surface area (Å²) in [5.41, 5.74) is -0.122. The number of amides is 1. The zero-order valence-electron chi connectivity index (χ0n) is 12.4. The molecule has 0 unspecified atom stereocenters. The van der Waals surface area contributed by atoms with Crippen molar-refractivity contribution in [2.75, 3.05) is 0 Å². The summed E-state index contributed by atoms with van der Waals surface area (Å²) < 4.78 is 2.54. The van der Waals surface area contributed by atoms with Gasteiger partial charge in [-0.1, -0.05) is 19.1 Å². The van der Waals surface area contributed by atoms with Gasteiger partial charge in [-0.25, -0.2) is 0 Å². The SMILES string of the molecule is CC[C@@H](C)NC(=O)Cn1c(=O)c(=O)n(C)c2ccccc21. The number of nitrogens with zero attached hydrogens (tertiary/aromatic N) is 2. The molecule has 21 heavy (non-hydrogen) atoms. The van der Waals surface area contributed by atoms with Gasteiger partial charge < -0.3 is 9.88 Å². The fourth-order valence-corrected chi connectivity index (χ4v) is 2.18. The first-order valence-corrected chi connectivity index (χ1v) is 6.93. The van der Waals surface area contributed by atoms with Crippen LogP contribution in [-0.4, -0.2) is 21.1 Å². The molecule has 0 bridgehead atoms. The first-order valence-electron chi connectivity index (χ1n) is 6.93. The molecule has 0 aliphatic heterocycles. The lowest BCUT2D eigenvalue weighted by Gasteiger charge is -2.14. The fraction of sp³-hybridized carbons (Fsp3) is 0.400. The minimum Gasteiger partial charge on any atom is -0.352 e. The van der Waals surface area contributed by atoms with Crippen LogP contribution in [0.15, 0.2) is 33.9 Å². The molecule has 1 amide bonds. The van der Waals surface area contributed by atoms with Crippen LogP contribution in [0.3, 0.4) is 0 Å². The van der Waals surface area contributed by atoms with Crippen LogP contribution in [0.25, 0.3) is 11.0 Å². The average molecular weight is 289 g/mol. The normalized spacial score (nSPS) is 12.3. The monoisotopic (exact) mass is 289 g/mol. The van der Waals surface area contributed by atoms with Crippen molar-refractivity contribution in [2.24, 2.45) is 7.05 Å². The molecule has 2 rings (SSSR count). The van der Waals surface area contributed by atoms with Crippen LogP contribution in [-0.2, 0) is 18.4 Å². The van der Waals surface area contributed by atoms with Crippen molar-refractivity contribution in [1.82, 2.24) is 14.5 Å². The van der Waals surface area contributed by atoms with Crippen molar-refractivity contribution >= 4 is 16.9 Å². The Labute approximate surface area is 122 Å². The van der Waals surface area contributed by atoms with Crippen molar-refractivity contribution in [3.8, 4) is 0 Å². The van der Waals surface area contributed by atoms with Gasteiger partial charge >= 0.3 is 11.1 Å². The van der Waals surface area contributed by atoms with Gasteiger partial charge in [0.05, 0.1) is 11.0 Å². The van der Waals surface area contributed by atoms with E-state index in [0.29, 0.717) is 11.0 Å². The maximum absolute atomic E-state index is 12.1. The Kier molecular flexibility index (Phi) is 4.26. The first-order chi connectivity index (χ1) is 9.95. The van der Waals surface area contributed by atoms with Crippen LogP contribution in [0, 0.1) is 0 Å². The molecule has 0 radical (unpaired) electrons. The third-order valence-electron chi connectivity index (χ3n) is 3.59. The summed E-state index contributed by atoms with van der Waals surface area (Å²) in [4.78, 5) is 36.1. The number of para-hydroxylation sites is 2. The molecule has 1 aromatic heterocycles. The van der Waals surface area contributed by atoms with Crippen molar-refractivity contribution in [1.29, 1.82) is 0 Å². The van der Waals surface area contributed by atoms with Gasteiger partial charge in [-0.3, -0.25) is 19.0 Å². The molecular weight excluding hydrogens is 270 g/mol. The Morgan fingerprint density at radius 3 is 2.43 bits per heavy atom. The lowest BCUT2D eigenvalue weighted by molar-refractivity contribution is -0.122. The van der Waals surface area contributed by atoms with Gasteiger partial charge in [-0.2, -0.15) is 0 Å². The van der Waals surface area contributed by atoms with E-state index in [0.717, 1.165) is 6.42 Å². The molecule has 6 nitrogen and oxygen atoms in total. The van der Waals surface area contributed by atoms with Gasteiger partial charge in [-0.05, 0) is 25.5 Å². The van der Waals surface area contributed by atoms with E-state index >= 15 is 0 Å². The molecule has 0 saturated heterocycles. The van der Waals surface area contributed by atoms with Crippen LogP contribution in [0.5, 0.6) is 0 Å². The molecule has 1 N–H and O–H groups in total. The number of aryl methyl sites for hydroxylation is 1. The fourth-order valence-electron chi connectivity index (χ4n) is 2.18. The smallest absolute Gasteiger partial charge is 0.317 e. The molecule has 0 aliphatic rings. The zero-order chi connectivity index (χ0) is 15.6. The molecule has 1 heterocycles. The van der Waals surface area contributed by atoms with Gasteiger partial charge in [-0.15, -0.1) is 0 Å². The molecule has 0 saturated carbocycles. The van der Waals surface area contributed by atoms with E-state index in [9.17, 15) is 14.4 Å². The Hall–Kier alpha value is -2.37. The lowest BCUT2D eigenvalue weighted by atomic mass is 10.2. The van der Waals surface area contributed by atoms with E-state index in [1.165, 1.54) is 9.13 Å². The summed E-state index contributed by atoms with van der Waals surface area (Å²) in [5, 5.41) is 2.80. The number of fused-ring (bicyclic) bond motifs is 1. The van der Waals surface area contributed by atoms with Crippen LogP contribution in [0.1, 0.15) is 20.3 Å². The Bertz CT molecular complexity index is 789. The Balaban J connectivity index is 2.52. The average Bonchev–Trinajstić information content (AvgIpc) is 2.49. The largest absolute Gasteiger partial charge is 0.352 e. The van der Waals surface area contributed by atoms with E-state index in [1.54, 1.807) is 31.3 Å². The molecule has 0 fully saturated rings. The van der Waals surface area contributed by atoms with Crippen molar-refractivity contribution in [3.63, 3.8) is 0 Å². The first kappa shape index (κ1) is 15.0. The number of hydrogen-bond donors (Lipinski definition) is 1. The highest BCUT2D eigenvalue weighted by molar-refractivity contribution is 5.80. The summed E-state index contributed by atoms with van der Waals surface area (Å²) in [6.07, 6.45) is 0.804. The van der Waals surface area contributed by atoms with Crippen LogP contribution >= 0.6 is 0 Å². The Morgan fingerprint density at radius 2 is 1.81 bits per heavy atom. The summed E-state index contributed by atoms with van der Waals surface area (Å²) >= 11 is 0. The van der Waals surface area contributed by atoms with Gasteiger partial charge in [0, 0.05) is 13.1 Å². The molecule has 0 aliphatic carbocycles. The van der Waals surface area contributed by atoms with E-state index in [4.69, 9.17) is 0 Å². The van der Waals surface area contributed by atoms with Crippen LogP contribution in [0.4, 0.5) is 0 Å².